The van der Waals surface area contributed by atoms with Crippen molar-refractivity contribution in [1.82, 2.24) is 15.5 Å². The van der Waals surface area contributed by atoms with E-state index < -0.39 is 0 Å². The van der Waals surface area contributed by atoms with E-state index in [1.807, 2.05) is 0 Å². The molecule has 0 aromatic heterocycles. The zero-order chi connectivity index (χ0) is 44.1. The summed E-state index contributed by atoms with van der Waals surface area (Å²) in [6.07, 6.45) is 34.1. The molecular weight excluding hydrogens is 757 g/mol. The molecular formula is C53H96N4O4. The Hall–Kier alpha value is -2.09. The fourth-order valence-corrected chi connectivity index (χ4v) is 12.9. The van der Waals surface area contributed by atoms with Crippen LogP contribution >= 0.6 is 0 Å². The molecule has 0 bridgehead atoms. The van der Waals surface area contributed by atoms with Crippen molar-refractivity contribution in [3.8, 4) is 0 Å². The van der Waals surface area contributed by atoms with Crippen LogP contribution in [0.4, 0.5) is 4.79 Å². The maximum atomic E-state index is 13.3. The number of amides is 3. The number of allylic oxidation sites excluding steroid dienone is 1. The van der Waals surface area contributed by atoms with E-state index in [0.29, 0.717) is 38.0 Å². The third-order valence-electron chi connectivity index (χ3n) is 16.5. The molecule has 61 heavy (non-hydrogen) atoms. The number of hydrogen-bond donors (Lipinski definition) is 3. The predicted octanol–water partition coefficient (Wildman–Crippen LogP) is 12.7. The third kappa shape index (κ3) is 16.1. The largest absolute Gasteiger partial charge is 0.446 e. The van der Waals surface area contributed by atoms with Crippen molar-refractivity contribution >= 4 is 17.9 Å². The van der Waals surface area contributed by atoms with Crippen LogP contribution in [0.5, 0.6) is 0 Å². The number of rotatable bonds is 30. The summed E-state index contributed by atoms with van der Waals surface area (Å²) >= 11 is 0. The van der Waals surface area contributed by atoms with Crippen molar-refractivity contribution in [3.63, 3.8) is 0 Å². The highest BCUT2D eigenvalue weighted by Gasteiger charge is 2.59. The van der Waals surface area contributed by atoms with Gasteiger partial charge in [0.05, 0.1) is 6.54 Å². The Bertz CT molecular complexity index is 1320. The van der Waals surface area contributed by atoms with Gasteiger partial charge in [0, 0.05) is 32.5 Å². The second-order valence-electron chi connectivity index (χ2n) is 21.5. The summed E-state index contributed by atoms with van der Waals surface area (Å²) in [6.45, 7) is 17.5. The normalized spacial score (nSPS) is 27.4. The third-order valence-corrected chi connectivity index (χ3v) is 16.5. The van der Waals surface area contributed by atoms with Crippen LogP contribution in [0.25, 0.3) is 0 Å². The first kappa shape index (κ1) is 51.5. The Balaban J connectivity index is 1.14. The monoisotopic (exact) mass is 853 g/mol. The molecule has 0 aromatic carbocycles. The van der Waals surface area contributed by atoms with Crippen LogP contribution in [0.15, 0.2) is 11.6 Å². The summed E-state index contributed by atoms with van der Waals surface area (Å²) in [5, 5.41) is 6.07. The summed E-state index contributed by atoms with van der Waals surface area (Å²) < 4.78 is 6.06. The number of carbonyl (C=O) groups is 3. The molecule has 0 spiro atoms. The first-order chi connectivity index (χ1) is 29.4. The highest BCUT2D eigenvalue weighted by Crippen LogP contribution is 2.67. The lowest BCUT2D eigenvalue weighted by molar-refractivity contribution is -0.136. The molecule has 0 radical (unpaired) electrons. The number of nitrogens with two attached hydrogens (primary N) is 1. The molecule has 0 aromatic rings. The van der Waals surface area contributed by atoms with Crippen molar-refractivity contribution in [1.29, 1.82) is 0 Å². The van der Waals surface area contributed by atoms with Gasteiger partial charge in [-0.15, -0.1) is 0 Å². The highest BCUT2D eigenvalue weighted by molar-refractivity contribution is 5.84. The van der Waals surface area contributed by atoms with E-state index in [2.05, 4.69) is 58.3 Å². The predicted molar refractivity (Wildman–Crippen MR) is 254 cm³/mol. The van der Waals surface area contributed by atoms with Gasteiger partial charge in [0.2, 0.25) is 11.8 Å². The minimum Gasteiger partial charge on any atom is -0.446 e. The van der Waals surface area contributed by atoms with Gasteiger partial charge in [0.1, 0.15) is 6.10 Å². The minimum atomic E-state index is -0.279. The molecule has 352 valence electrons. The van der Waals surface area contributed by atoms with E-state index in [1.165, 1.54) is 89.9 Å². The number of fused-ring (bicyclic) bond motifs is 5. The summed E-state index contributed by atoms with van der Waals surface area (Å²) in [5.74, 6) is 5.03. The second kappa shape index (κ2) is 27.3. The first-order valence-corrected chi connectivity index (χ1v) is 26.3. The van der Waals surface area contributed by atoms with Gasteiger partial charge in [-0.3, -0.25) is 9.59 Å². The van der Waals surface area contributed by atoms with Gasteiger partial charge in [0.25, 0.3) is 0 Å². The SMILES string of the molecule is CCCCCCCCCCC(=O)N(CCCCCCNC(=O)O[C@H]1CC[C@@]2(C)C(=CC[C@H]3[C@@H]4CC[C@H]([C@H](C)CCCC(C)C)[C@@]4(C)CC[C@@H]32)C1)CC(=O)NCCCCCCN. The maximum Gasteiger partial charge on any atom is 0.407 e. The lowest BCUT2D eigenvalue weighted by Gasteiger charge is -2.58. The van der Waals surface area contributed by atoms with Gasteiger partial charge in [-0.1, -0.05) is 143 Å². The fraction of sp³-hybridized carbons (Fsp3) is 0.906. The van der Waals surface area contributed by atoms with Crippen LogP contribution in [-0.2, 0) is 14.3 Å². The molecule has 4 N–H and O–H groups in total. The topological polar surface area (TPSA) is 114 Å². The van der Waals surface area contributed by atoms with Crippen LogP contribution in [0.2, 0.25) is 0 Å². The quantitative estimate of drug-likeness (QED) is 0.0492. The van der Waals surface area contributed by atoms with Crippen molar-refractivity contribution < 1.29 is 19.1 Å². The van der Waals surface area contributed by atoms with Crippen molar-refractivity contribution in [2.45, 2.75) is 227 Å². The number of ether oxygens (including phenoxy) is 1. The Morgan fingerprint density at radius 3 is 2.16 bits per heavy atom. The fourth-order valence-electron chi connectivity index (χ4n) is 12.9. The van der Waals surface area contributed by atoms with Crippen LogP contribution < -0.4 is 16.4 Å². The van der Waals surface area contributed by atoms with Gasteiger partial charge in [0.15, 0.2) is 0 Å². The van der Waals surface area contributed by atoms with Gasteiger partial charge < -0.3 is 26.0 Å². The minimum absolute atomic E-state index is 0.0324. The van der Waals surface area contributed by atoms with E-state index in [0.717, 1.165) is 119 Å². The molecule has 3 amide bonds. The van der Waals surface area contributed by atoms with Crippen molar-refractivity contribution in [3.05, 3.63) is 11.6 Å². The summed E-state index contributed by atoms with van der Waals surface area (Å²) in [5.41, 5.74) is 7.93. The Labute approximate surface area is 375 Å². The molecule has 0 saturated heterocycles. The molecule has 0 unspecified atom stereocenters. The molecule has 0 heterocycles. The Morgan fingerprint density at radius 1 is 0.770 bits per heavy atom. The lowest BCUT2D eigenvalue weighted by atomic mass is 9.47. The summed E-state index contributed by atoms with van der Waals surface area (Å²) in [7, 11) is 0. The molecule has 4 rings (SSSR count). The zero-order valence-electron chi connectivity index (χ0n) is 40.6. The number of nitrogens with one attached hydrogen (secondary N) is 2. The average molecular weight is 853 g/mol. The van der Waals surface area contributed by atoms with E-state index in [4.69, 9.17) is 10.5 Å². The Morgan fingerprint density at radius 2 is 1.44 bits per heavy atom. The van der Waals surface area contributed by atoms with Crippen molar-refractivity contribution in [2.24, 2.45) is 52.1 Å². The van der Waals surface area contributed by atoms with Crippen LogP contribution in [0, 0.1) is 46.3 Å². The average Bonchev–Trinajstić information content (AvgIpc) is 3.59. The molecule has 8 nitrogen and oxygen atoms in total. The van der Waals surface area contributed by atoms with Crippen molar-refractivity contribution in [2.75, 3.05) is 32.7 Å². The summed E-state index contributed by atoms with van der Waals surface area (Å²) in [4.78, 5) is 40.8. The van der Waals surface area contributed by atoms with Gasteiger partial charge >= 0.3 is 6.09 Å². The molecule has 4 aliphatic rings. The molecule has 8 atom stereocenters. The molecule has 3 saturated carbocycles. The van der Waals surface area contributed by atoms with Gasteiger partial charge in [-0.2, -0.15) is 0 Å². The van der Waals surface area contributed by atoms with Gasteiger partial charge in [-0.05, 0) is 130 Å². The zero-order valence-corrected chi connectivity index (χ0v) is 40.6. The van der Waals surface area contributed by atoms with Crippen LogP contribution in [-0.4, -0.2) is 61.6 Å². The molecule has 4 aliphatic carbocycles. The van der Waals surface area contributed by atoms with E-state index in [1.54, 1.807) is 10.5 Å². The number of hydrogen-bond acceptors (Lipinski definition) is 5. The van der Waals surface area contributed by atoms with Crippen LogP contribution in [0.1, 0.15) is 221 Å². The van der Waals surface area contributed by atoms with E-state index in [9.17, 15) is 14.4 Å². The molecule has 0 aliphatic heterocycles. The van der Waals surface area contributed by atoms with E-state index >= 15 is 0 Å². The molecule has 8 heteroatoms. The molecule has 3 fully saturated rings. The Kier molecular flexibility index (Phi) is 23.1. The lowest BCUT2D eigenvalue weighted by Crippen LogP contribution is -2.51. The maximum absolute atomic E-state index is 13.3. The number of nitrogens with zero attached hydrogens (tertiary/aromatic N) is 1. The number of carbonyl (C=O) groups excluding carboxylic acids is 3. The van der Waals surface area contributed by atoms with Crippen LogP contribution in [0.3, 0.4) is 0 Å². The smallest absolute Gasteiger partial charge is 0.407 e. The number of unbranched alkanes of at least 4 members (excludes halogenated alkanes) is 13. The van der Waals surface area contributed by atoms with Gasteiger partial charge in [-0.25, -0.2) is 4.79 Å². The standard InChI is InChI=1S/C53H96N4O4/c1-7-8-9-10-11-12-13-18-26-50(59)57(40-49(58)55-36-20-15-14-19-35-54)38-22-17-16-21-37-56-51(60)61-44-31-33-52(5)43(39-44)27-28-45-47-30-29-46(42(4)25-23-24-41(2)3)53(47,6)34-32-48(45)52/h27,41-42,44-48H,7-26,28-40,54H2,1-6H3,(H,55,58)(H,56,60)/t42-,44+,45+,46-,47+,48+,52+,53-/m1/s1. The number of alkyl carbamates (subject to hydrolysis) is 1. The first-order valence-electron chi connectivity index (χ1n) is 26.3. The highest BCUT2D eigenvalue weighted by atomic mass is 16.6. The summed E-state index contributed by atoms with van der Waals surface area (Å²) in [6, 6.07) is 0. The second-order valence-corrected chi connectivity index (χ2v) is 21.5. The van der Waals surface area contributed by atoms with E-state index in [-0.39, 0.29) is 36.0 Å².